The van der Waals surface area contributed by atoms with E-state index in [0.717, 1.165) is 44.7 Å². The quantitative estimate of drug-likeness (QED) is 0.874. The topological polar surface area (TPSA) is 78.3 Å². The van der Waals surface area contributed by atoms with Gasteiger partial charge in [0.15, 0.2) is 0 Å². The van der Waals surface area contributed by atoms with Gasteiger partial charge in [-0.1, -0.05) is 11.6 Å². The van der Waals surface area contributed by atoms with Crippen molar-refractivity contribution in [2.24, 2.45) is 5.41 Å². The van der Waals surface area contributed by atoms with Crippen molar-refractivity contribution in [3.63, 3.8) is 0 Å². The van der Waals surface area contributed by atoms with E-state index in [9.17, 15) is 5.11 Å². The van der Waals surface area contributed by atoms with E-state index in [1.807, 2.05) is 6.20 Å². The summed E-state index contributed by atoms with van der Waals surface area (Å²) < 4.78 is 0. The normalized spacial score (nSPS) is 23.0. The molecule has 2 fully saturated rings. The highest BCUT2D eigenvalue weighted by molar-refractivity contribution is 6.30. The molecule has 7 nitrogen and oxygen atoms in total. The van der Waals surface area contributed by atoms with Gasteiger partial charge in [0.25, 0.3) is 0 Å². The molecule has 0 aliphatic carbocycles. The van der Waals surface area contributed by atoms with Gasteiger partial charge in [-0.05, 0) is 24.7 Å². The average molecular weight is 361 g/mol. The SMILES string of the molecule is OC1CN(c2ncc(Cl)cn2)CC2(CCN(c3cnccn3)CC2)C1. The highest BCUT2D eigenvalue weighted by Crippen LogP contribution is 2.41. The standard InChI is InChI=1S/C17H21ClN6O/c18-13-8-21-16(22-9-13)24-11-14(25)7-17(12-24)1-5-23(6-2-17)15-10-19-3-4-20-15/h3-4,8-10,14,25H,1-2,5-7,11-12H2. The minimum absolute atomic E-state index is 0.0827. The van der Waals surface area contributed by atoms with E-state index in [2.05, 4.69) is 29.7 Å². The first-order chi connectivity index (χ1) is 12.1. The van der Waals surface area contributed by atoms with Crippen molar-refractivity contribution >= 4 is 23.4 Å². The Morgan fingerprint density at radius 1 is 1.04 bits per heavy atom. The third-order valence-electron chi connectivity index (χ3n) is 5.21. The number of aliphatic hydroxyl groups excluding tert-OH is 1. The average Bonchev–Trinajstić information content (AvgIpc) is 2.63. The molecule has 4 heterocycles. The highest BCUT2D eigenvalue weighted by atomic mass is 35.5. The summed E-state index contributed by atoms with van der Waals surface area (Å²) in [6.07, 6.45) is 10.9. The summed E-state index contributed by atoms with van der Waals surface area (Å²) in [5.41, 5.74) is 0.0827. The van der Waals surface area contributed by atoms with Crippen LogP contribution in [0.3, 0.4) is 0 Å². The third kappa shape index (κ3) is 3.52. The van der Waals surface area contributed by atoms with Gasteiger partial charge in [0.2, 0.25) is 5.95 Å². The molecule has 0 radical (unpaired) electrons. The van der Waals surface area contributed by atoms with E-state index >= 15 is 0 Å². The van der Waals surface area contributed by atoms with Crippen LogP contribution in [0.1, 0.15) is 19.3 Å². The van der Waals surface area contributed by atoms with Crippen molar-refractivity contribution in [2.45, 2.75) is 25.4 Å². The first-order valence-corrected chi connectivity index (χ1v) is 8.93. The van der Waals surface area contributed by atoms with Crippen LogP contribution in [0.25, 0.3) is 0 Å². The number of anilines is 2. The van der Waals surface area contributed by atoms with E-state index in [-0.39, 0.29) is 11.5 Å². The molecule has 0 amide bonds. The van der Waals surface area contributed by atoms with Gasteiger partial charge in [-0.15, -0.1) is 0 Å². The Morgan fingerprint density at radius 3 is 2.48 bits per heavy atom. The predicted octanol–water partition coefficient (Wildman–Crippen LogP) is 1.78. The number of rotatable bonds is 2. The molecule has 2 saturated heterocycles. The van der Waals surface area contributed by atoms with Crippen LogP contribution < -0.4 is 9.80 Å². The van der Waals surface area contributed by atoms with Gasteiger partial charge in [-0.3, -0.25) is 4.98 Å². The van der Waals surface area contributed by atoms with E-state index in [1.165, 1.54) is 0 Å². The first-order valence-electron chi connectivity index (χ1n) is 8.55. The molecule has 0 aromatic carbocycles. The third-order valence-corrected chi connectivity index (χ3v) is 5.41. The van der Waals surface area contributed by atoms with E-state index < -0.39 is 0 Å². The molecule has 1 atom stereocenters. The van der Waals surface area contributed by atoms with Crippen molar-refractivity contribution in [1.29, 1.82) is 0 Å². The predicted molar refractivity (Wildman–Crippen MR) is 95.8 cm³/mol. The fourth-order valence-electron chi connectivity index (χ4n) is 4.00. The van der Waals surface area contributed by atoms with Gasteiger partial charge >= 0.3 is 0 Å². The number of aromatic nitrogens is 4. The fourth-order valence-corrected chi connectivity index (χ4v) is 4.10. The molecule has 1 spiro atoms. The van der Waals surface area contributed by atoms with E-state index in [4.69, 9.17) is 11.6 Å². The second-order valence-electron chi connectivity index (χ2n) is 6.99. The molecule has 2 aliphatic rings. The molecule has 2 aliphatic heterocycles. The smallest absolute Gasteiger partial charge is 0.225 e. The molecule has 25 heavy (non-hydrogen) atoms. The lowest BCUT2D eigenvalue weighted by Gasteiger charge is -2.49. The van der Waals surface area contributed by atoms with Gasteiger partial charge in [0, 0.05) is 38.6 Å². The van der Waals surface area contributed by atoms with E-state index in [0.29, 0.717) is 17.5 Å². The Morgan fingerprint density at radius 2 is 1.80 bits per heavy atom. The first kappa shape index (κ1) is 16.5. The summed E-state index contributed by atoms with van der Waals surface area (Å²) in [4.78, 5) is 21.5. The lowest BCUT2D eigenvalue weighted by atomic mass is 9.71. The maximum atomic E-state index is 10.4. The summed E-state index contributed by atoms with van der Waals surface area (Å²) in [5.74, 6) is 1.56. The minimum Gasteiger partial charge on any atom is -0.391 e. The maximum Gasteiger partial charge on any atom is 0.225 e. The monoisotopic (exact) mass is 360 g/mol. The molecule has 132 valence electrons. The summed E-state index contributed by atoms with van der Waals surface area (Å²) in [7, 11) is 0. The Bertz CT molecular complexity index is 705. The van der Waals surface area contributed by atoms with Gasteiger partial charge in [-0.2, -0.15) is 0 Å². The minimum atomic E-state index is -0.365. The highest BCUT2D eigenvalue weighted by Gasteiger charge is 2.42. The second-order valence-corrected chi connectivity index (χ2v) is 7.43. The summed E-state index contributed by atoms with van der Waals surface area (Å²) in [6.45, 7) is 3.26. The lowest BCUT2D eigenvalue weighted by Crippen LogP contribution is -2.54. The van der Waals surface area contributed by atoms with Crippen molar-refractivity contribution in [2.75, 3.05) is 36.0 Å². The lowest BCUT2D eigenvalue weighted by molar-refractivity contribution is 0.0591. The van der Waals surface area contributed by atoms with Crippen molar-refractivity contribution < 1.29 is 5.11 Å². The van der Waals surface area contributed by atoms with Crippen LogP contribution >= 0.6 is 11.6 Å². The van der Waals surface area contributed by atoms with Crippen LogP contribution in [-0.2, 0) is 0 Å². The number of aliphatic hydroxyl groups is 1. The van der Waals surface area contributed by atoms with Crippen molar-refractivity contribution in [1.82, 2.24) is 19.9 Å². The molecule has 1 unspecified atom stereocenters. The van der Waals surface area contributed by atoms with Gasteiger partial charge in [0.1, 0.15) is 5.82 Å². The molecule has 8 heteroatoms. The van der Waals surface area contributed by atoms with Crippen LogP contribution in [0, 0.1) is 5.41 Å². The van der Waals surface area contributed by atoms with Crippen molar-refractivity contribution in [3.05, 3.63) is 36.0 Å². The van der Waals surface area contributed by atoms with Gasteiger partial charge < -0.3 is 14.9 Å². The van der Waals surface area contributed by atoms with Crippen LogP contribution in [0.2, 0.25) is 5.02 Å². The molecule has 1 N–H and O–H groups in total. The Hall–Kier alpha value is -1.99. The Kier molecular flexibility index (Phi) is 4.43. The Balaban J connectivity index is 1.47. The van der Waals surface area contributed by atoms with Crippen LogP contribution in [-0.4, -0.2) is 57.3 Å². The van der Waals surface area contributed by atoms with Gasteiger partial charge in [0.05, 0.1) is 29.7 Å². The van der Waals surface area contributed by atoms with Crippen LogP contribution in [0.5, 0.6) is 0 Å². The zero-order valence-electron chi connectivity index (χ0n) is 13.9. The molecular formula is C17H21ClN6O. The van der Waals surface area contributed by atoms with Crippen molar-refractivity contribution in [3.8, 4) is 0 Å². The molecule has 2 aromatic heterocycles. The van der Waals surface area contributed by atoms with E-state index in [1.54, 1.807) is 24.8 Å². The second kappa shape index (κ2) is 6.72. The van der Waals surface area contributed by atoms with Crippen LogP contribution in [0.15, 0.2) is 31.0 Å². The zero-order valence-corrected chi connectivity index (χ0v) is 14.7. The molecule has 0 saturated carbocycles. The van der Waals surface area contributed by atoms with Crippen LogP contribution in [0.4, 0.5) is 11.8 Å². The molecule has 0 bridgehead atoms. The summed E-state index contributed by atoms with van der Waals surface area (Å²) in [5, 5.41) is 11.0. The summed E-state index contributed by atoms with van der Waals surface area (Å²) >= 11 is 5.89. The molecule has 4 rings (SSSR count). The maximum absolute atomic E-state index is 10.4. The largest absolute Gasteiger partial charge is 0.391 e. The number of hydrogen-bond acceptors (Lipinski definition) is 7. The summed E-state index contributed by atoms with van der Waals surface area (Å²) in [6, 6.07) is 0. The number of halogens is 1. The Labute approximate surface area is 151 Å². The number of hydrogen-bond donors (Lipinski definition) is 1. The fraction of sp³-hybridized carbons (Fsp3) is 0.529. The number of piperidine rings is 2. The number of nitrogens with zero attached hydrogens (tertiary/aromatic N) is 6. The molecule has 2 aromatic rings. The zero-order chi connectivity index (χ0) is 17.3. The van der Waals surface area contributed by atoms with Gasteiger partial charge in [-0.25, -0.2) is 15.0 Å². The molecular weight excluding hydrogens is 340 g/mol. The number of β-amino-alcohol motifs (C(OH)–C–C–N with tert-alkyl or cyclic N) is 1.